The fourth-order valence-electron chi connectivity index (χ4n) is 2.91. The Morgan fingerprint density at radius 2 is 2.16 bits per heavy atom. The highest BCUT2D eigenvalue weighted by atomic mass is 32.1. The van der Waals surface area contributed by atoms with E-state index in [1.165, 1.54) is 5.01 Å². The summed E-state index contributed by atoms with van der Waals surface area (Å²) in [6.07, 6.45) is 3.29. The smallest absolute Gasteiger partial charge is 0.0928 e. The molecular weight excluding hydrogens is 256 g/mol. The molecule has 0 saturated carbocycles. The number of aromatic nitrogens is 1. The van der Waals surface area contributed by atoms with Gasteiger partial charge < -0.3 is 10.1 Å². The van der Waals surface area contributed by atoms with Gasteiger partial charge in [-0.3, -0.25) is 0 Å². The number of hydrogen-bond acceptors (Lipinski definition) is 4. The number of rotatable bonds is 5. The van der Waals surface area contributed by atoms with Crippen molar-refractivity contribution in [1.29, 1.82) is 0 Å². The maximum atomic E-state index is 6.09. The fraction of sp³-hybridized carbons (Fsp3) is 0.800. The second-order valence-electron chi connectivity index (χ2n) is 6.66. The van der Waals surface area contributed by atoms with Gasteiger partial charge in [0, 0.05) is 23.5 Å². The molecule has 0 radical (unpaired) electrons. The van der Waals surface area contributed by atoms with Crippen LogP contribution in [-0.2, 0) is 11.2 Å². The maximum absolute atomic E-state index is 6.09. The highest BCUT2D eigenvalue weighted by molar-refractivity contribution is 7.09. The van der Waals surface area contributed by atoms with Crippen molar-refractivity contribution in [3.8, 4) is 0 Å². The second kappa shape index (κ2) is 5.51. The zero-order valence-electron chi connectivity index (χ0n) is 12.7. The lowest BCUT2D eigenvalue weighted by Gasteiger charge is -2.27. The van der Waals surface area contributed by atoms with Crippen LogP contribution in [0.15, 0.2) is 5.38 Å². The van der Waals surface area contributed by atoms with Crippen molar-refractivity contribution < 1.29 is 4.74 Å². The van der Waals surface area contributed by atoms with Crippen LogP contribution >= 0.6 is 11.3 Å². The summed E-state index contributed by atoms with van der Waals surface area (Å²) in [4.78, 5) is 4.50. The van der Waals surface area contributed by atoms with Crippen LogP contribution < -0.4 is 5.32 Å². The van der Waals surface area contributed by atoms with E-state index in [0.29, 0.717) is 6.04 Å². The lowest BCUT2D eigenvalue weighted by Crippen LogP contribution is -2.43. The van der Waals surface area contributed by atoms with Crippen LogP contribution in [0.2, 0.25) is 0 Å². The molecule has 1 aromatic rings. The van der Waals surface area contributed by atoms with E-state index in [-0.39, 0.29) is 11.2 Å². The normalized spacial score (nSPS) is 24.8. The minimum absolute atomic E-state index is 0.00636. The van der Waals surface area contributed by atoms with Crippen LogP contribution in [0.4, 0.5) is 0 Å². The number of ether oxygens (including phenoxy) is 1. The Balaban J connectivity index is 1.74. The van der Waals surface area contributed by atoms with Crippen LogP contribution in [0.1, 0.15) is 51.2 Å². The Labute approximate surface area is 120 Å². The lowest BCUT2D eigenvalue weighted by molar-refractivity contribution is -0.0697. The quantitative estimate of drug-likeness (QED) is 0.841. The fourth-order valence-corrected chi connectivity index (χ4v) is 3.73. The molecule has 1 aliphatic heterocycles. The highest BCUT2D eigenvalue weighted by Crippen LogP contribution is 2.37. The van der Waals surface area contributed by atoms with Crippen molar-refractivity contribution in [2.45, 2.75) is 71.1 Å². The number of aryl methyl sites for hydroxylation is 2. The molecule has 108 valence electrons. The van der Waals surface area contributed by atoms with Crippen molar-refractivity contribution in [2.75, 3.05) is 6.54 Å². The van der Waals surface area contributed by atoms with Crippen molar-refractivity contribution >= 4 is 11.3 Å². The van der Waals surface area contributed by atoms with Crippen molar-refractivity contribution in [3.63, 3.8) is 0 Å². The standard InChI is InChI=1S/C15H26N2OS/c1-11-10-19-13(17-11)7-6-8-16-12-9-14(2,3)18-15(12,4)5/h10,12,16H,6-9H2,1-5H3/t12-/m0/s1. The predicted octanol–water partition coefficient (Wildman–Crippen LogP) is 3.32. The highest BCUT2D eigenvalue weighted by Gasteiger charge is 2.45. The SMILES string of the molecule is Cc1csc(CCCN[C@H]2CC(C)(C)OC2(C)C)n1. The number of thiazole rings is 1. The summed E-state index contributed by atoms with van der Waals surface area (Å²) < 4.78 is 6.09. The van der Waals surface area contributed by atoms with Crippen LogP contribution in [0, 0.1) is 6.92 Å². The van der Waals surface area contributed by atoms with E-state index >= 15 is 0 Å². The third-order valence-corrected chi connectivity index (χ3v) is 4.73. The maximum Gasteiger partial charge on any atom is 0.0928 e. The molecule has 0 bridgehead atoms. The van der Waals surface area contributed by atoms with Gasteiger partial charge >= 0.3 is 0 Å². The summed E-state index contributed by atoms with van der Waals surface area (Å²) >= 11 is 1.77. The van der Waals surface area contributed by atoms with Gasteiger partial charge in [0.25, 0.3) is 0 Å². The van der Waals surface area contributed by atoms with E-state index in [2.05, 4.69) is 50.3 Å². The molecule has 2 heterocycles. The van der Waals surface area contributed by atoms with Gasteiger partial charge in [-0.1, -0.05) is 0 Å². The van der Waals surface area contributed by atoms with Crippen molar-refractivity contribution in [2.24, 2.45) is 0 Å². The first kappa shape index (κ1) is 14.9. The average Bonchev–Trinajstić information content (AvgIpc) is 2.75. The molecule has 19 heavy (non-hydrogen) atoms. The molecular formula is C15H26N2OS. The Hall–Kier alpha value is -0.450. The molecule has 1 N–H and O–H groups in total. The largest absolute Gasteiger partial charge is 0.368 e. The second-order valence-corrected chi connectivity index (χ2v) is 7.60. The van der Waals surface area contributed by atoms with Gasteiger partial charge in [-0.25, -0.2) is 4.98 Å². The van der Waals surface area contributed by atoms with E-state index in [1.54, 1.807) is 11.3 Å². The molecule has 0 aliphatic carbocycles. The average molecular weight is 282 g/mol. The lowest BCUT2D eigenvalue weighted by atomic mass is 9.94. The van der Waals surface area contributed by atoms with Crippen LogP contribution in [0.5, 0.6) is 0 Å². The molecule has 4 heteroatoms. The first-order valence-electron chi connectivity index (χ1n) is 7.13. The minimum Gasteiger partial charge on any atom is -0.368 e. The molecule has 0 amide bonds. The number of nitrogens with one attached hydrogen (secondary N) is 1. The van der Waals surface area contributed by atoms with Gasteiger partial charge in [0.15, 0.2) is 0 Å². The summed E-state index contributed by atoms with van der Waals surface area (Å²) in [5, 5.41) is 7.03. The minimum atomic E-state index is -0.0682. The summed E-state index contributed by atoms with van der Waals surface area (Å²) in [5.41, 5.74) is 1.06. The van der Waals surface area contributed by atoms with Crippen LogP contribution in [0.25, 0.3) is 0 Å². The summed E-state index contributed by atoms with van der Waals surface area (Å²) in [6, 6.07) is 0.445. The van der Waals surface area contributed by atoms with Crippen molar-refractivity contribution in [1.82, 2.24) is 10.3 Å². The predicted molar refractivity (Wildman–Crippen MR) is 80.8 cm³/mol. The van der Waals surface area contributed by atoms with Gasteiger partial charge in [-0.2, -0.15) is 0 Å². The molecule has 0 aromatic carbocycles. The molecule has 0 unspecified atom stereocenters. The molecule has 1 aromatic heterocycles. The van der Waals surface area contributed by atoms with Gasteiger partial charge in [0.1, 0.15) is 0 Å². The molecule has 1 atom stereocenters. The zero-order valence-corrected chi connectivity index (χ0v) is 13.6. The first-order chi connectivity index (χ1) is 8.78. The first-order valence-corrected chi connectivity index (χ1v) is 8.01. The van der Waals surface area contributed by atoms with Gasteiger partial charge in [-0.05, 0) is 54.0 Å². The Bertz CT molecular complexity index is 426. The Kier molecular flexibility index (Phi) is 4.33. The topological polar surface area (TPSA) is 34.1 Å². The van der Waals surface area contributed by atoms with Gasteiger partial charge in [0.2, 0.25) is 0 Å². The van der Waals surface area contributed by atoms with E-state index in [4.69, 9.17) is 4.74 Å². The van der Waals surface area contributed by atoms with Gasteiger partial charge in [-0.15, -0.1) is 11.3 Å². The molecule has 3 nitrogen and oxygen atoms in total. The monoisotopic (exact) mass is 282 g/mol. The van der Waals surface area contributed by atoms with Crippen molar-refractivity contribution in [3.05, 3.63) is 16.1 Å². The zero-order chi connectivity index (χ0) is 14.1. The Morgan fingerprint density at radius 3 is 2.68 bits per heavy atom. The van der Waals surface area contributed by atoms with Crippen LogP contribution in [0.3, 0.4) is 0 Å². The summed E-state index contributed by atoms with van der Waals surface area (Å²) in [6.45, 7) is 11.8. The van der Waals surface area contributed by atoms with Crippen LogP contribution in [-0.4, -0.2) is 28.8 Å². The summed E-state index contributed by atoms with van der Waals surface area (Å²) in [5.74, 6) is 0. The summed E-state index contributed by atoms with van der Waals surface area (Å²) in [7, 11) is 0. The third-order valence-electron chi connectivity index (χ3n) is 3.70. The molecule has 0 spiro atoms. The Morgan fingerprint density at radius 1 is 1.42 bits per heavy atom. The van der Waals surface area contributed by atoms with E-state index in [9.17, 15) is 0 Å². The number of hydrogen-bond donors (Lipinski definition) is 1. The molecule has 1 aliphatic rings. The third kappa shape index (κ3) is 4.01. The van der Waals surface area contributed by atoms with Gasteiger partial charge in [0.05, 0.1) is 16.2 Å². The van der Waals surface area contributed by atoms with E-state index in [0.717, 1.165) is 31.5 Å². The van der Waals surface area contributed by atoms with E-state index in [1.807, 2.05) is 0 Å². The molecule has 1 fully saturated rings. The molecule has 2 rings (SSSR count). The molecule has 1 saturated heterocycles. The van der Waals surface area contributed by atoms with E-state index < -0.39 is 0 Å². The number of nitrogens with zero attached hydrogens (tertiary/aromatic N) is 1.